The molecule has 9 atom stereocenters. The van der Waals surface area contributed by atoms with Gasteiger partial charge in [0.1, 0.15) is 12.1 Å². The second-order valence-corrected chi connectivity index (χ2v) is 17.1. The first-order valence-corrected chi connectivity index (χ1v) is 19.5. The number of likely N-dealkylation sites (N-methyl/N-ethyl adjacent to an activating group) is 1. The fourth-order valence-corrected chi connectivity index (χ4v) is 10.3. The molecule has 0 unspecified atom stereocenters. The summed E-state index contributed by atoms with van der Waals surface area (Å²) in [7, 11) is 4.30. The summed E-state index contributed by atoms with van der Waals surface area (Å²) >= 11 is 0. The number of nitrogens with zero attached hydrogens (tertiary/aromatic N) is 3. The molecule has 1 saturated heterocycles. The molecule has 3 N–H and O–H groups in total. The maximum absolute atomic E-state index is 14.2. The van der Waals surface area contributed by atoms with E-state index in [9.17, 15) is 15.0 Å². The van der Waals surface area contributed by atoms with Crippen molar-refractivity contribution in [3.63, 3.8) is 0 Å². The Bertz CT molecular complexity index is 1400. The van der Waals surface area contributed by atoms with Gasteiger partial charge in [0.05, 0.1) is 19.3 Å². The summed E-state index contributed by atoms with van der Waals surface area (Å²) in [6.45, 7) is 11.7. The van der Waals surface area contributed by atoms with E-state index in [1.54, 1.807) is 12.0 Å². The number of aliphatic hydroxyl groups excluding tert-OH is 2. The van der Waals surface area contributed by atoms with Crippen LogP contribution in [0.2, 0.25) is 0 Å². The maximum atomic E-state index is 14.2. The summed E-state index contributed by atoms with van der Waals surface area (Å²) in [6, 6.07) is 19.6. The van der Waals surface area contributed by atoms with Gasteiger partial charge in [-0.2, -0.15) is 5.06 Å². The molecule has 5 fully saturated rings. The zero-order valence-corrected chi connectivity index (χ0v) is 31.5. The summed E-state index contributed by atoms with van der Waals surface area (Å²) in [5.74, 6) is 1.63. The van der Waals surface area contributed by atoms with Crippen molar-refractivity contribution < 1.29 is 19.8 Å². The normalized spacial score (nSPS) is 31.0. The smallest absolute Gasteiger partial charge is 0.240 e. The van der Waals surface area contributed by atoms with Gasteiger partial charge < -0.3 is 20.4 Å². The first-order valence-electron chi connectivity index (χ1n) is 19.5. The minimum atomic E-state index is -0.810. The van der Waals surface area contributed by atoms with E-state index >= 15 is 0 Å². The van der Waals surface area contributed by atoms with E-state index in [1.165, 1.54) is 49.7 Å². The molecule has 0 radical (unpaired) electrons. The van der Waals surface area contributed by atoms with Gasteiger partial charge in [0.15, 0.2) is 0 Å². The van der Waals surface area contributed by atoms with Crippen LogP contribution in [0.5, 0.6) is 0 Å². The van der Waals surface area contributed by atoms with Gasteiger partial charge in [0.25, 0.3) is 0 Å². The van der Waals surface area contributed by atoms with Crippen molar-refractivity contribution in [1.82, 2.24) is 20.2 Å². The van der Waals surface area contributed by atoms with Gasteiger partial charge in [-0.25, -0.2) is 0 Å². The van der Waals surface area contributed by atoms with Gasteiger partial charge in [-0.15, -0.1) is 0 Å². The van der Waals surface area contributed by atoms with Crippen molar-refractivity contribution in [2.24, 2.45) is 35.0 Å². The quantitative estimate of drug-likeness (QED) is 0.223. The van der Waals surface area contributed by atoms with Crippen LogP contribution in [0, 0.1) is 35.0 Å². The van der Waals surface area contributed by atoms with Crippen LogP contribution in [0.4, 0.5) is 0 Å². The molecule has 7 rings (SSSR count). The molecule has 5 aliphatic rings. The van der Waals surface area contributed by atoms with Gasteiger partial charge in [-0.05, 0) is 92.5 Å². The zero-order valence-electron chi connectivity index (χ0n) is 31.5. The molecule has 8 nitrogen and oxygen atoms in total. The first kappa shape index (κ1) is 37.4. The lowest BCUT2D eigenvalue weighted by atomic mass is 9.45. The molecule has 1 amide bonds. The Morgan fingerprint density at radius 1 is 1.02 bits per heavy atom. The number of aliphatic hydroxyl groups is 2. The standard InChI is InChI=1S/C42H64N4O4/c1-28-35-23-34(42(35,3)4)24-36(28)43-41(49)40-38(29(2)48)37(27-47)50-46(40)26-31-15-13-14-30(22-31)25-45(21-20-44(5)6)39(32-16-9-7-10-17-32)33-18-11-8-12-19-33/h7,9-10,13-17,22,28-29,33-40,47-48H,8,11-12,18-21,23-27H2,1-6H3,(H,43,49)/t28-,29-,34+,35-,36-,37-,38+,39+,40-/m0/s1. The lowest BCUT2D eigenvalue weighted by Gasteiger charge is -2.62. The predicted octanol–water partition coefficient (Wildman–Crippen LogP) is 6.03. The minimum absolute atomic E-state index is 0.105. The largest absolute Gasteiger partial charge is 0.394 e. The van der Waals surface area contributed by atoms with Crippen LogP contribution >= 0.6 is 0 Å². The van der Waals surface area contributed by atoms with Crippen LogP contribution in [0.25, 0.3) is 0 Å². The van der Waals surface area contributed by atoms with E-state index in [-0.39, 0.29) is 18.6 Å². The lowest BCUT2D eigenvalue weighted by molar-refractivity contribution is -0.183. The number of hydrogen-bond donors (Lipinski definition) is 3. The second-order valence-electron chi connectivity index (χ2n) is 17.1. The average molecular weight is 689 g/mol. The minimum Gasteiger partial charge on any atom is -0.394 e. The molecule has 8 heteroatoms. The molecule has 50 heavy (non-hydrogen) atoms. The lowest BCUT2D eigenvalue weighted by Crippen LogP contribution is -2.62. The summed E-state index contributed by atoms with van der Waals surface area (Å²) < 4.78 is 0. The Kier molecular flexibility index (Phi) is 12.1. The van der Waals surface area contributed by atoms with E-state index in [4.69, 9.17) is 4.84 Å². The molecule has 1 heterocycles. The molecule has 0 aromatic heterocycles. The van der Waals surface area contributed by atoms with Gasteiger partial charge in [-0.3, -0.25) is 14.5 Å². The molecular formula is C42H64N4O4. The number of fused-ring (bicyclic) bond motifs is 2. The van der Waals surface area contributed by atoms with Gasteiger partial charge in [0, 0.05) is 37.6 Å². The summed E-state index contributed by atoms with van der Waals surface area (Å²) in [5.41, 5.74) is 4.03. The van der Waals surface area contributed by atoms with E-state index in [1.807, 2.05) is 0 Å². The van der Waals surface area contributed by atoms with Crippen LogP contribution in [0.3, 0.4) is 0 Å². The van der Waals surface area contributed by atoms with Gasteiger partial charge in [-0.1, -0.05) is 94.6 Å². The number of carbonyl (C=O) groups excluding carboxylic acids is 1. The molecule has 4 aliphatic carbocycles. The molecule has 1 aliphatic heterocycles. The van der Waals surface area contributed by atoms with Crippen molar-refractivity contribution in [3.8, 4) is 0 Å². The van der Waals surface area contributed by atoms with Gasteiger partial charge in [0.2, 0.25) is 5.91 Å². The third-order valence-corrected chi connectivity index (χ3v) is 13.2. The van der Waals surface area contributed by atoms with E-state index in [2.05, 4.69) is 105 Å². The van der Waals surface area contributed by atoms with Crippen molar-refractivity contribution in [1.29, 1.82) is 0 Å². The molecule has 0 spiro atoms. The Balaban J connectivity index is 1.22. The van der Waals surface area contributed by atoms with Crippen molar-refractivity contribution in [3.05, 3.63) is 71.3 Å². The summed E-state index contributed by atoms with van der Waals surface area (Å²) in [6.07, 6.45) is 7.26. The van der Waals surface area contributed by atoms with Crippen LogP contribution < -0.4 is 5.32 Å². The summed E-state index contributed by atoms with van der Waals surface area (Å²) in [4.78, 5) is 25.5. The highest BCUT2D eigenvalue weighted by molar-refractivity contribution is 5.82. The highest BCUT2D eigenvalue weighted by Gasteiger charge is 2.57. The number of benzene rings is 2. The fraction of sp³-hybridized carbons (Fsp3) is 0.690. The Morgan fingerprint density at radius 2 is 1.74 bits per heavy atom. The van der Waals surface area contributed by atoms with E-state index in [0.29, 0.717) is 41.7 Å². The third-order valence-electron chi connectivity index (χ3n) is 13.2. The highest BCUT2D eigenvalue weighted by Crippen LogP contribution is 2.61. The second kappa shape index (κ2) is 16.1. The van der Waals surface area contributed by atoms with Crippen molar-refractivity contribution >= 4 is 5.91 Å². The highest BCUT2D eigenvalue weighted by atomic mass is 16.7. The number of nitrogens with one attached hydrogen (secondary N) is 1. The van der Waals surface area contributed by atoms with E-state index in [0.717, 1.165) is 31.6 Å². The van der Waals surface area contributed by atoms with Crippen LogP contribution in [0.1, 0.15) is 95.4 Å². The summed E-state index contributed by atoms with van der Waals surface area (Å²) in [5, 5.41) is 26.4. The zero-order chi connectivity index (χ0) is 35.6. The Morgan fingerprint density at radius 3 is 2.38 bits per heavy atom. The topological polar surface area (TPSA) is 88.5 Å². The average Bonchev–Trinajstić information content (AvgIpc) is 3.47. The number of rotatable bonds is 14. The van der Waals surface area contributed by atoms with E-state index < -0.39 is 24.2 Å². The molecule has 2 bridgehead atoms. The maximum Gasteiger partial charge on any atom is 0.240 e. The molecule has 2 aromatic rings. The van der Waals surface area contributed by atoms with Crippen LogP contribution in [-0.4, -0.2) is 89.1 Å². The molecule has 276 valence electrons. The van der Waals surface area contributed by atoms with Crippen LogP contribution in [0.15, 0.2) is 54.6 Å². The van der Waals surface area contributed by atoms with Gasteiger partial charge >= 0.3 is 0 Å². The number of carbonyl (C=O) groups is 1. The fourth-order valence-electron chi connectivity index (χ4n) is 10.3. The molecule has 2 aromatic carbocycles. The van der Waals surface area contributed by atoms with Crippen LogP contribution in [-0.2, 0) is 22.7 Å². The monoisotopic (exact) mass is 688 g/mol. The Hall–Kier alpha value is -2.33. The first-order chi connectivity index (χ1) is 24.0. The predicted molar refractivity (Wildman–Crippen MR) is 199 cm³/mol. The molecular weight excluding hydrogens is 624 g/mol. The van der Waals surface area contributed by atoms with Crippen molar-refractivity contribution in [2.45, 2.75) is 116 Å². The SMILES string of the molecule is C[C@@H]1[C@@H](NC(=O)[C@@H]2[C@H]([C@H](C)O)[C@H](CO)ON2Cc2cccc(CN(CCN(C)C)[C@H](c3ccccc3)C3CCCCC3)c2)C[C@H]2C[C@@H]1C2(C)C. The number of amides is 1. The third kappa shape index (κ3) is 8.01. The van der Waals surface area contributed by atoms with Crippen molar-refractivity contribution in [2.75, 3.05) is 33.8 Å². The Labute approximate surface area is 301 Å². The number of hydrogen-bond acceptors (Lipinski definition) is 7. The molecule has 4 saturated carbocycles. The number of hydroxylamine groups is 2.